The molecule has 0 heterocycles. The van der Waals surface area contributed by atoms with Crippen LogP contribution < -0.4 is 4.74 Å². The summed E-state index contributed by atoms with van der Waals surface area (Å²) in [5.74, 6) is -1.45. The highest BCUT2D eigenvalue weighted by Gasteiger charge is 2.43. The lowest BCUT2D eigenvalue weighted by Gasteiger charge is -2.33. The fourth-order valence-electron chi connectivity index (χ4n) is 2.55. The van der Waals surface area contributed by atoms with Gasteiger partial charge in [-0.05, 0) is 30.5 Å². The van der Waals surface area contributed by atoms with Gasteiger partial charge in [0.25, 0.3) is 0 Å². The molecule has 2 rings (SSSR count). The van der Waals surface area contributed by atoms with Crippen molar-refractivity contribution in [3.05, 3.63) is 29.6 Å². The number of aliphatic carboxylic acids is 1. The predicted octanol–water partition coefficient (Wildman–Crippen LogP) is 2.30. The highest BCUT2D eigenvalue weighted by atomic mass is 19.1. The monoisotopic (exact) mass is 266 g/mol. The lowest BCUT2D eigenvalue weighted by molar-refractivity contribution is -0.146. The first-order chi connectivity index (χ1) is 8.99. The minimum atomic E-state index is -1.17. The maximum Gasteiger partial charge on any atom is 0.314 e. The van der Waals surface area contributed by atoms with Gasteiger partial charge in [0.1, 0.15) is 5.78 Å². The van der Waals surface area contributed by atoms with E-state index in [0.29, 0.717) is 5.56 Å². The fourth-order valence-corrected chi connectivity index (χ4v) is 2.55. The van der Waals surface area contributed by atoms with Gasteiger partial charge in [-0.25, -0.2) is 4.39 Å². The van der Waals surface area contributed by atoms with Crippen LogP contribution in [-0.4, -0.2) is 24.0 Å². The Balaban J connectivity index is 2.42. The molecule has 1 aliphatic carbocycles. The van der Waals surface area contributed by atoms with Crippen LogP contribution in [0.25, 0.3) is 0 Å². The molecule has 0 aromatic heterocycles. The second-order valence-electron chi connectivity index (χ2n) is 4.78. The van der Waals surface area contributed by atoms with E-state index in [9.17, 15) is 19.1 Å². The standard InChI is InChI=1S/C14H15FO4/c1-19-12-3-2-9(8-11(12)15)14(13(17)18)6-4-10(16)5-7-14/h2-3,8H,4-7H2,1H3,(H,17,18). The second kappa shape index (κ2) is 4.99. The molecule has 0 unspecified atom stereocenters. The number of methoxy groups -OCH3 is 1. The third-order valence-corrected chi connectivity index (χ3v) is 3.77. The summed E-state index contributed by atoms with van der Waals surface area (Å²) in [6.07, 6.45) is 0.875. The molecule has 1 aliphatic rings. The molecule has 102 valence electrons. The Morgan fingerprint density at radius 3 is 2.47 bits per heavy atom. The number of ether oxygens (including phenoxy) is 1. The van der Waals surface area contributed by atoms with Crippen LogP contribution in [0.4, 0.5) is 4.39 Å². The van der Waals surface area contributed by atoms with Crippen molar-refractivity contribution in [3.63, 3.8) is 0 Å². The van der Waals surface area contributed by atoms with Crippen LogP contribution in [0.5, 0.6) is 5.75 Å². The molecule has 1 saturated carbocycles. The quantitative estimate of drug-likeness (QED) is 0.911. The first-order valence-corrected chi connectivity index (χ1v) is 6.09. The summed E-state index contributed by atoms with van der Waals surface area (Å²) < 4.78 is 18.6. The summed E-state index contributed by atoms with van der Waals surface area (Å²) in [6, 6.07) is 4.18. The average Bonchev–Trinajstić information content (AvgIpc) is 2.39. The maximum atomic E-state index is 13.7. The van der Waals surface area contributed by atoms with E-state index in [1.165, 1.54) is 19.2 Å². The Labute approximate surface area is 110 Å². The first kappa shape index (κ1) is 13.5. The number of carboxylic acid groups (broad SMARTS) is 1. The van der Waals surface area contributed by atoms with Gasteiger partial charge < -0.3 is 9.84 Å². The third-order valence-electron chi connectivity index (χ3n) is 3.77. The maximum absolute atomic E-state index is 13.7. The molecular formula is C14H15FO4. The van der Waals surface area contributed by atoms with Gasteiger partial charge in [0.2, 0.25) is 0 Å². The van der Waals surface area contributed by atoms with E-state index in [1.54, 1.807) is 6.07 Å². The number of carboxylic acids is 1. The number of hydrogen-bond donors (Lipinski definition) is 1. The molecular weight excluding hydrogens is 251 g/mol. The predicted molar refractivity (Wildman–Crippen MR) is 65.7 cm³/mol. The molecule has 19 heavy (non-hydrogen) atoms. The Bertz CT molecular complexity index is 514. The highest BCUT2D eigenvalue weighted by Crippen LogP contribution is 2.39. The third kappa shape index (κ3) is 2.32. The SMILES string of the molecule is COc1ccc(C2(C(=O)O)CCC(=O)CC2)cc1F. The van der Waals surface area contributed by atoms with Gasteiger partial charge in [0.15, 0.2) is 11.6 Å². The largest absolute Gasteiger partial charge is 0.494 e. The lowest BCUT2D eigenvalue weighted by Crippen LogP contribution is -2.39. The topological polar surface area (TPSA) is 63.6 Å². The summed E-state index contributed by atoms with van der Waals surface area (Å²) in [5, 5.41) is 9.48. The van der Waals surface area contributed by atoms with Crippen LogP contribution >= 0.6 is 0 Å². The zero-order valence-corrected chi connectivity index (χ0v) is 10.6. The molecule has 0 bridgehead atoms. The minimum Gasteiger partial charge on any atom is -0.494 e. The van der Waals surface area contributed by atoms with Crippen molar-refractivity contribution in [2.24, 2.45) is 0 Å². The zero-order chi connectivity index (χ0) is 14.0. The van der Waals surface area contributed by atoms with Crippen LogP contribution in [0.2, 0.25) is 0 Å². The van der Waals surface area contributed by atoms with Gasteiger partial charge in [-0.15, -0.1) is 0 Å². The number of ketones is 1. The van der Waals surface area contributed by atoms with Gasteiger partial charge in [0, 0.05) is 12.8 Å². The van der Waals surface area contributed by atoms with E-state index in [2.05, 4.69) is 0 Å². The highest BCUT2D eigenvalue weighted by molar-refractivity contribution is 5.87. The molecule has 1 fully saturated rings. The Hall–Kier alpha value is -1.91. The van der Waals surface area contributed by atoms with E-state index in [1.807, 2.05) is 0 Å². The molecule has 0 amide bonds. The van der Waals surface area contributed by atoms with Crippen molar-refractivity contribution in [2.45, 2.75) is 31.1 Å². The van der Waals surface area contributed by atoms with Gasteiger partial charge in [-0.2, -0.15) is 0 Å². The molecule has 5 heteroatoms. The lowest BCUT2D eigenvalue weighted by atomic mass is 9.69. The zero-order valence-electron chi connectivity index (χ0n) is 10.6. The Kier molecular flexibility index (Phi) is 3.55. The Morgan fingerprint density at radius 2 is 2.00 bits per heavy atom. The molecule has 0 spiro atoms. The summed E-state index contributed by atoms with van der Waals surface area (Å²) in [6.45, 7) is 0. The van der Waals surface area contributed by atoms with Gasteiger partial charge in [0.05, 0.1) is 12.5 Å². The van der Waals surface area contributed by atoms with E-state index in [4.69, 9.17) is 4.74 Å². The summed E-state index contributed by atoms with van der Waals surface area (Å²) in [4.78, 5) is 22.9. The number of rotatable bonds is 3. The summed E-state index contributed by atoms with van der Waals surface area (Å²) >= 11 is 0. The number of hydrogen-bond acceptors (Lipinski definition) is 3. The average molecular weight is 266 g/mol. The van der Waals surface area contributed by atoms with Gasteiger partial charge in [-0.1, -0.05) is 6.07 Å². The van der Waals surface area contributed by atoms with Crippen LogP contribution in [-0.2, 0) is 15.0 Å². The molecule has 0 saturated heterocycles. The van der Waals surface area contributed by atoms with E-state index in [0.717, 1.165) is 0 Å². The number of benzene rings is 1. The van der Waals surface area contributed by atoms with Crippen molar-refractivity contribution < 1.29 is 23.8 Å². The molecule has 1 aromatic rings. The number of carbonyl (C=O) groups excluding carboxylic acids is 1. The molecule has 0 aliphatic heterocycles. The summed E-state index contributed by atoms with van der Waals surface area (Å²) in [7, 11) is 1.35. The molecule has 1 N–H and O–H groups in total. The van der Waals surface area contributed by atoms with E-state index < -0.39 is 17.2 Å². The molecule has 1 aromatic carbocycles. The smallest absolute Gasteiger partial charge is 0.314 e. The van der Waals surface area contributed by atoms with Crippen molar-refractivity contribution in [3.8, 4) is 5.75 Å². The second-order valence-corrected chi connectivity index (χ2v) is 4.78. The van der Waals surface area contributed by atoms with Crippen LogP contribution in [0.15, 0.2) is 18.2 Å². The minimum absolute atomic E-state index is 0.0610. The van der Waals surface area contributed by atoms with Crippen molar-refractivity contribution in [1.29, 1.82) is 0 Å². The Morgan fingerprint density at radius 1 is 1.37 bits per heavy atom. The van der Waals surface area contributed by atoms with Crippen molar-refractivity contribution in [1.82, 2.24) is 0 Å². The van der Waals surface area contributed by atoms with Crippen molar-refractivity contribution >= 4 is 11.8 Å². The van der Waals surface area contributed by atoms with Crippen LogP contribution in [0.1, 0.15) is 31.2 Å². The number of halogens is 1. The number of carbonyl (C=O) groups is 2. The van der Waals surface area contributed by atoms with E-state index >= 15 is 0 Å². The van der Waals surface area contributed by atoms with Crippen LogP contribution in [0.3, 0.4) is 0 Å². The molecule has 4 nitrogen and oxygen atoms in total. The van der Waals surface area contributed by atoms with Gasteiger partial charge in [-0.3, -0.25) is 9.59 Å². The fraction of sp³-hybridized carbons (Fsp3) is 0.429. The number of Topliss-reactive ketones (excluding diaryl/α,β-unsaturated/α-hetero) is 1. The van der Waals surface area contributed by atoms with Crippen LogP contribution in [0, 0.1) is 5.82 Å². The normalized spacial score (nSPS) is 18.1. The van der Waals surface area contributed by atoms with Gasteiger partial charge >= 0.3 is 5.97 Å². The molecule has 0 radical (unpaired) electrons. The van der Waals surface area contributed by atoms with Crippen molar-refractivity contribution in [2.75, 3.05) is 7.11 Å². The molecule has 0 atom stereocenters. The summed E-state index contributed by atoms with van der Waals surface area (Å²) in [5.41, 5.74) is -0.771. The first-order valence-electron chi connectivity index (χ1n) is 6.09. The van der Waals surface area contributed by atoms with E-state index in [-0.39, 0.29) is 37.2 Å².